The van der Waals surface area contributed by atoms with Crippen LogP contribution in [-0.4, -0.2) is 30.8 Å². The number of anilines is 1. The Bertz CT molecular complexity index is 1130. The SMILES string of the molecule is CNC(=O)C1(C)C=C(C(=O)NC(C)c2ccccc2)C(=O)N(c2cccc(C(F)(F)F)c2)C1C. The number of alkyl halides is 3. The number of halogens is 3. The van der Waals surface area contributed by atoms with Gasteiger partial charge in [-0.25, -0.2) is 0 Å². The van der Waals surface area contributed by atoms with E-state index in [0.29, 0.717) is 0 Å². The number of nitrogens with zero attached hydrogens (tertiary/aromatic N) is 1. The molecule has 2 N–H and O–H groups in total. The van der Waals surface area contributed by atoms with Gasteiger partial charge in [0.25, 0.3) is 11.8 Å². The van der Waals surface area contributed by atoms with E-state index in [1.807, 2.05) is 30.3 Å². The van der Waals surface area contributed by atoms with Crippen molar-refractivity contribution in [1.29, 1.82) is 0 Å². The van der Waals surface area contributed by atoms with Crippen LogP contribution in [0.25, 0.3) is 0 Å². The maximum Gasteiger partial charge on any atom is 0.416 e. The van der Waals surface area contributed by atoms with Crippen LogP contribution in [0.4, 0.5) is 18.9 Å². The Morgan fingerprint density at radius 3 is 2.32 bits per heavy atom. The van der Waals surface area contributed by atoms with E-state index in [4.69, 9.17) is 0 Å². The number of rotatable bonds is 5. The lowest BCUT2D eigenvalue weighted by Crippen LogP contribution is -2.58. The van der Waals surface area contributed by atoms with Gasteiger partial charge in [0, 0.05) is 12.7 Å². The van der Waals surface area contributed by atoms with Crippen LogP contribution in [0, 0.1) is 5.41 Å². The van der Waals surface area contributed by atoms with Gasteiger partial charge in [-0.1, -0.05) is 36.4 Å². The molecule has 1 heterocycles. The summed E-state index contributed by atoms with van der Waals surface area (Å²) in [6, 6.07) is 12.0. The van der Waals surface area contributed by atoms with E-state index in [-0.39, 0.29) is 11.3 Å². The smallest absolute Gasteiger partial charge is 0.358 e. The fourth-order valence-corrected chi connectivity index (χ4v) is 4.02. The van der Waals surface area contributed by atoms with Gasteiger partial charge in [0.15, 0.2) is 0 Å². The molecule has 34 heavy (non-hydrogen) atoms. The molecule has 1 aliphatic rings. The van der Waals surface area contributed by atoms with E-state index in [2.05, 4.69) is 10.6 Å². The molecular formula is C25H26F3N3O3. The van der Waals surface area contributed by atoms with E-state index < -0.39 is 47.0 Å². The van der Waals surface area contributed by atoms with Gasteiger partial charge >= 0.3 is 6.18 Å². The third-order valence-electron chi connectivity index (χ3n) is 6.21. The summed E-state index contributed by atoms with van der Waals surface area (Å²) in [4.78, 5) is 40.5. The van der Waals surface area contributed by atoms with Crippen LogP contribution in [0.15, 0.2) is 66.2 Å². The first-order valence-electron chi connectivity index (χ1n) is 10.7. The van der Waals surface area contributed by atoms with Crippen molar-refractivity contribution in [3.05, 3.63) is 77.4 Å². The molecule has 0 bridgehead atoms. The van der Waals surface area contributed by atoms with Gasteiger partial charge in [0.05, 0.1) is 23.1 Å². The summed E-state index contributed by atoms with van der Waals surface area (Å²) in [6.07, 6.45) is -3.32. The first-order valence-corrected chi connectivity index (χ1v) is 10.7. The second-order valence-electron chi connectivity index (χ2n) is 8.42. The Morgan fingerprint density at radius 1 is 1.09 bits per heavy atom. The van der Waals surface area contributed by atoms with E-state index in [1.54, 1.807) is 13.8 Å². The van der Waals surface area contributed by atoms with Crippen molar-refractivity contribution in [2.45, 2.75) is 39.0 Å². The zero-order valence-electron chi connectivity index (χ0n) is 19.2. The highest BCUT2D eigenvalue weighted by molar-refractivity contribution is 6.25. The summed E-state index contributed by atoms with van der Waals surface area (Å²) in [5, 5.41) is 5.27. The number of hydrogen-bond acceptors (Lipinski definition) is 3. The average Bonchev–Trinajstić information content (AvgIpc) is 2.81. The van der Waals surface area contributed by atoms with Crippen molar-refractivity contribution in [2.75, 3.05) is 11.9 Å². The lowest BCUT2D eigenvalue weighted by Gasteiger charge is -2.43. The van der Waals surface area contributed by atoms with Crippen LogP contribution in [0.3, 0.4) is 0 Å². The Kier molecular flexibility index (Phi) is 6.86. The molecule has 0 saturated carbocycles. The summed E-state index contributed by atoms with van der Waals surface area (Å²) in [5.74, 6) is -1.99. The molecule has 0 fully saturated rings. The van der Waals surface area contributed by atoms with E-state index in [9.17, 15) is 27.6 Å². The van der Waals surface area contributed by atoms with E-state index in [0.717, 1.165) is 22.6 Å². The molecular weight excluding hydrogens is 447 g/mol. The number of hydrogen-bond donors (Lipinski definition) is 2. The minimum atomic E-state index is -4.62. The van der Waals surface area contributed by atoms with Crippen molar-refractivity contribution < 1.29 is 27.6 Å². The number of carbonyl (C=O) groups is 3. The zero-order chi connectivity index (χ0) is 25.3. The van der Waals surface area contributed by atoms with Crippen LogP contribution in [0.2, 0.25) is 0 Å². The van der Waals surface area contributed by atoms with Gasteiger partial charge in [-0.05, 0) is 50.6 Å². The molecule has 0 aromatic heterocycles. The first kappa shape index (κ1) is 25.0. The van der Waals surface area contributed by atoms with Crippen molar-refractivity contribution >= 4 is 23.4 Å². The lowest BCUT2D eigenvalue weighted by atomic mass is 9.76. The predicted molar refractivity (Wildman–Crippen MR) is 122 cm³/mol. The highest BCUT2D eigenvalue weighted by Gasteiger charge is 2.48. The van der Waals surface area contributed by atoms with Gasteiger partial charge in [-0.15, -0.1) is 0 Å². The highest BCUT2D eigenvalue weighted by atomic mass is 19.4. The minimum Gasteiger partial charge on any atom is -0.358 e. The van der Waals surface area contributed by atoms with Crippen molar-refractivity contribution in [3.63, 3.8) is 0 Å². The van der Waals surface area contributed by atoms with Crippen molar-refractivity contribution in [1.82, 2.24) is 10.6 Å². The van der Waals surface area contributed by atoms with E-state index in [1.165, 1.54) is 32.2 Å². The van der Waals surface area contributed by atoms with Crippen LogP contribution < -0.4 is 15.5 Å². The molecule has 3 rings (SSSR count). The molecule has 180 valence electrons. The largest absolute Gasteiger partial charge is 0.416 e. The normalized spacial score (nSPS) is 21.5. The predicted octanol–water partition coefficient (Wildman–Crippen LogP) is 4.00. The molecule has 0 radical (unpaired) electrons. The summed E-state index contributed by atoms with van der Waals surface area (Å²) < 4.78 is 40.0. The third kappa shape index (κ3) is 4.69. The Balaban J connectivity index is 2.05. The van der Waals surface area contributed by atoms with Crippen LogP contribution in [-0.2, 0) is 20.6 Å². The Labute approximate surface area is 195 Å². The summed E-state index contributed by atoms with van der Waals surface area (Å²) >= 11 is 0. The summed E-state index contributed by atoms with van der Waals surface area (Å²) in [5.41, 5.74) is -1.89. The maximum absolute atomic E-state index is 13.4. The number of benzene rings is 2. The molecule has 0 aliphatic carbocycles. The monoisotopic (exact) mass is 473 g/mol. The fourth-order valence-electron chi connectivity index (χ4n) is 4.02. The van der Waals surface area contributed by atoms with Gasteiger partial charge in [0.2, 0.25) is 5.91 Å². The van der Waals surface area contributed by atoms with E-state index >= 15 is 0 Å². The van der Waals surface area contributed by atoms with Gasteiger partial charge in [-0.2, -0.15) is 13.2 Å². The Morgan fingerprint density at radius 2 is 1.74 bits per heavy atom. The quantitative estimate of drug-likeness (QED) is 0.645. The fraction of sp³-hybridized carbons (Fsp3) is 0.320. The maximum atomic E-state index is 13.4. The number of nitrogens with one attached hydrogen (secondary N) is 2. The molecule has 3 unspecified atom stereocenters. The summed E-state index contributed by atoms with van der Waals surface area (Å²) in [6.45, 7) is 4.84. The van der Waals surface area contributed by atoms with Gasteiger partial charge < -0.3 is 15.5 Å². The topological polar surface area (TPSA) is 78.5 Å². The van der Waals surface area contributed by atoms with Gasteiger partial charge in [-0.3, -0.25) is 14.4 Å². The van der Waals surface area contributed by atoms with Crippen LogP contribution >= 0.6 is 0 Å². The van der Waals surface area contributed by atoms with Crippen molar-refractivity contribution in [2.24, 2.45) is 5.41 Å². The first-order chi connectivity index (χ1) is 15.9. The molecule has 0 spiro atoms. The third-order valence-corrected chi connectivity index (χ3v) is 6.21. The molecule has 0 saturated heterocycles. The number of carbonyl (C=O) groups excluding carboxylic acids is 3. The second kappa shape index (κ2) is 9.32. The van der Waals surface area contributed by atoms with Gasteiger partial charge in [0.1, 0.15) is 5.57 Å². The lowest BCUT2D eigenvalue weighted by molar-refractivity contribution is -0.138. The molecule has 9 heteroatoms. The molecule has 6 nitrogen and oxygen atoms in total. The molecule has 3 amide bonds. The van der Waals surface area contributed by atoms with Crippen LogP contribution in [0.1, 0.15) is 37.9 Å². The molecule has 3 atom stereocenters. The average molecular weight is 473 g/mol. The molecule has 1 aliphatic heterocycles. The zero-order valence-corrected chi connectivity index (χ0v) is 19.2. The molecule has 2 aromatic carbocycles. The highest BCUT2D eigenvalue weighted by Crippen LogP contribution is 2.39. The van der Waals surface area contributed by atoms with Crippen molar-refractivity contribution in [3.8, 4) is 0 Å². The Hall–Kier alpha value is -3.62. The number of amides is 3. The summed E-state index contributed by atoms with van der Waals surface area (Å²) in [7, 11) is 1.41. The second-order valence-corrected chi connectivity index (χ2v) is 8.42. The molecule has 2 aromatic rings. The van der Waals surface area contributed by atoms with Crippen LogP contribution in [0.5, 0.6) is 0 Å². The minimum absolute atomic E-state index is 0.0584. The standard InChI is InChI=1S/C25H26F3N3O3/c1-15(17-9-6-5-7-10-17)30-21(32)20-14-24(3,23(34)29-4)16(2)31(22(20)33)19-12-8-11-18(13-19)25(26,27)28/h5-16H,1-4H3,(H,29,34)(H,30,32).